The Hall–Kier alpha value is -1.89. The van der Waals surface area contributed by atoms with Crippen LogP contribution in [0.5, 0.6) is 0 Å². The minimum atomic E-state index is -0.775. The molecule has 0 bridgehead atoms. The molecule has 0 aliphatic carbocycles. The Labute approximate surface area is 107 Å². The van der Waals surface area contributed by atoms with Gasteiger partial charge in [0.05, 0.1) is 23.5 Å². The number of ether oxygens (including phenoxy) is 1. The van der Waals surface area contributed by atoms with Crippen LogP contribution in [0.1, 0.15) is 6.42 Å². The SMILES string of the molecule is COC(=O)CCNc1cc(F)c(Cl)cc1[N+](=O)[O-]. The monoisotopic (exact) mass is 276 g/mol. The van der Waals surface area contributed by atoms with Crippen molar-refractivity contribution < 1.29 is 18.8 Å². The van der Waals surface area contributed by atoms with Crippen LogP contribution in [0.2, 0.25) is 5.02 Å². The fraction of sp³-hybridized carbons (Fsp3) is 0.300. The number of hydrogen-bond acceptors (Lipinski definition) is 5. The summed E-state index contributed by atoms with van der Waals surface area (Å²) >= 11 is 5.46. The molecular formula is C10H10ClFN2O4. The fourth-order valence-electron chi connectivity index (χ4n) is 1.23. The average Bonchev–Trinajstić information content (AvgIpc) is 2.32. The molecule has 0 amide bonds. The van der Waals surface area contributed by atoms with E-state index in [9.17, 15) is 19.3 Å². The van der Waals surface area contributed by atoms with E-state index in [0.717, 1.165) is 12.1 Å². The summed E-state index contributed by atoms with van der Waals surface area (Å²) in [6.45, 7) is 0.0919. The van der Waals surface area contributed by atoms with E-state index in [2.05, 4.69) is 10.1 Å². The topological polar surface area (TPSA) is 81.5 Å². The van der Waals surface area contributed by atoms with E-state index < -0.39 is 16.7 Å². The molecule has 0 atom stereocenters. The first-order valence-corrected chi connectivity index (χ1v) is 5.27. The average molecular weight is 277 g/mol. The van der Waals surface area contributed by atoms with Crippen molar-refractivity contribution in [2.24, 2.45) is 0 Å². The molecule has 1 aromatic carbocycles. The van der Waals surface area contributed by atoms with Crippen molar-refractivity contribution in [2.75, 3.05) is 19.0 Å². The van der Waals surface area contributed by atoms with Gasteiger partial charge in [0.2, 0.25) is 0 Å². The molecule has 0 radical (unpaired) electrons. The van der Waals surface area contributed by atoms with Gasteiger partial charge in [-0.3, -0.25) is 14.9 Å². The van der Waals surface area contributed by atoms with Crippen LogP contribution in [0, 0.1) is 15.9 Å². The molecule has 1 N–H and O–H groups in total. The zero-order chi connectivity index (χ0) is 13.7. The van der Waals surface area contributed by atoms with Gasteiger partial charge in [-0.2, -0.15) is 0 Å². The molecule has 0 saturated carbocycles. The molecule has 1 rings (SSSR count). The highest BCUT2D eigenvalue weighted by atomic mass is 35.5. The molecular weight excluding hydrogens is 267 g/mol. The summed E-state index contributed by atoms with van der Waals surface area (Å²) in [6, 6.07) is 1.83. The first-order chi connectivity index (χ1) is 8.45. The zero-order valence-electron chi connectivity index (χ0n) is 9.41. The number of carbonyl (C=O) groups excluding carboxylic acids is 1. The maximum Gasteiger partial charge on any atom is 0.307 e. The van der Waals surface area contributed by atoms with Crippen LogP contribution in [0.3, 0.4) is 0 Å². The third kappa shape index (κ3) is 3.56. The minimum Gasteiger partial charge on any atom is -0.469 e. The van der Waals surface area contributed by atoms with Gasteiger partial charge in [0, 0.05) is 18.7 Å². The summed E-state index contributed by atoms with van der Waals surface area (Å²) < 4.78 is 17.6. The Morgan fingerprint density at radius 3 is 2.83 bits per heavy atom. The van der Waals surface area contributed by atoms with Crippen LogP contribution in [0.15, 0.2) is 12.1 Å². The first-order valence-electron chi connectivity index (χ1n) is 4.90. The van der Waals surface area contributed by atoms with Gasteiger partial charge in [-0.1, -0.05) is 11.6 Å². The Bertz CT molecular complexity index is 481. The molecule has 0 aliphatic rings. The minimum absolute atomic E-state index is 0.0118. The van der Waals surface area contributed by atoms with E-state index in [0.29, 0.717) is 0 Å². The maximum absolute atomic E-state index is 13.2. The van der Waals surface area contributed by atoms with Crippen molar-refractivity contribution in [1.82, 2.24) is 0 Å². The van der Waals surface area contributed by atoms with Gasteiger partial charge in [0.1, 0.15) is 11.5 Å². The molecule has 18 heavy (non-hydrogen) atoms. The molecule has 0 saturated heterocycles. The Morgan fingerprint density at radius 1 is 1.61 bits per heavy atom. The lowest BCUT2D eigenvalue weighted by Crippen LogP contribution is -2.11. The number of carbonyl (C=O) groups is 1. The number of anilines is 1. The quantitative estimate of drug-likeness (QED) is 0.507. The molecule has 8 heteroatoms. The summed E-state index contributed by atoms with van der Waals surface area (Å²) in [6.07, 6.45) is 0.0118. The van der Waals surface area contributed by atoms with Crippen LogP contribution in [0.25, 0.3) is 0 Å². The first kappa shape index (κ1) is 14.2. The Kier molecular flexibility index (Phi) is 4.85. The molecule has 98 valence electrons. The molecule has 0 aromatic heterocycles. The molecule has 6 nitrogen and oxygen atoms in total. The summed E-state index contributed by atoms with van der Waals surface area (Å²) in [5.41, 5.74) is -0.392. The highest BCUT2D eigenvalue weighted by Crippen LogP contribution is 2.30. The summed E-state index contributed by atoms with van der Waals surface area (Å²) in [4.78, 5) is 20.9. The molecule has 0 fully saturated rings. The third-order valence-corrected chi connectivity index (χ3v) is 2.40. The van der Waals surface area contributed by atoms with Crippen LogP contribution in [-0.4, -0.2) is 24.5 Å². The largest absolute Gasteiger partial charge is 0.469 e. The van der Waals surface area contributed by atoms with Crippen molar-refractivity contribution >= 4 is 28.9 Å². The van der Waals surface area contributed by atoms with Gasteiger partial charge in [0.25, 0.3) is 5.69 Å². The smallest absolute Gasteiger partial charge is 0.307 e. The van der Waals surface area contributed by atoms with Gasteiger partial charge < -0.3 is 10.1 Å². The van der Waals surface area contributed by atoms with Crippen molar-refractivity contribution in [1.29, 1.82) is 0 Å². The van der Waals surface area contributed by atoms with E-state index >= 15 is 0 Å². The van der Waals surface area contributed by atoms with E-state index in [4.69, 9.17) is 11.6 Å². The second kappa shape index (κ2) is 6.15. The number of benzene rings is 1. The molecule has 0 spiro atoms. The summed E-state index contributed by atoms with van der Waals surface area (Å²) in [5.74, 6) is -1.25. The number of esters is 1. The number of nitro groups is 1. The van der Waals surface area contributed by atoms with E-state index in [1.54, 1.807) is 0 Å². The van der Waals surface area contributed by atoms with Crippen LogP contribution in [-0.2, 0) is 9.53 Å². The Morgan fingerprint density at radius 2 is 2.28 bits per heavy atom. The lowest BCUT2D eigenvalue weighted by Gasteiger charge is -2.07. The summed E-state index contributed by atoms with van der Waals surface area (Å²) in [5, 5.41) is 13.0. The van der Waals surface area contributed by atoms with Crippen molar-refractivity contribution in [3.05, 3.63) is 33.1 Å². The predicted octanol–water partition coefficient (Wildman–Crippen LogP) is 2.36. The van der Waals surface area contributed by atoms with E-state index in [1.165, 1.54) is 7.11 Å². The number of nitro benzene ring substituents is 1. The highest BCUT2D eigenvalue weighted by Gasteiger charge is 2.17. The number of nitrogens with zero attached hydrogens (tertiary/aromatic N) is 1. The second-order valence-electron chi connectivity index (χ2n) is 3.29. The van der Waals surface area contributed by atoms with Crippen LogP contribution in [0.4, 0.5) is 15.8 Å². The lowest BCUT2D eigenvalue weighted by atomic mass is 10.2. The highest BCUT2D eigenvalue weighted by molar-refractivity contribution is 6.31. The van der Waals surface area contributed by atoms with Gasteiger partial charge >= 0.3 is 5.97 Å². The van der Waals surface area contributed by atoms with Crippen molar-refractivity contribution in [2.45, 2.75) is 6.42 Å². The number of rotatable bonds is 5. The molecule has 0 aliphatic heterocycles. The molecule has 1 aromatic rings. The Balaban J connectivity index is 2.83. The van der Waals surface area contributed by atoms with Crippen molar-refractivity contribution in [3.63, 3.8) is 0 Å². The van der Waals surface area contributed by atoms with Crippen LogP contribution >= 0.6 is 11.6 Å². The number of hydrogen-bond donors (Lipinski definition) is 1. The van der Waals surface area contributed by atoms with E-state index in [-0.39, 0.29) is 29.4 Å². The maximum atomic E-state index is 13.2. The van der Waals surface area contributed by atoms with Gasteiger partial charge in [0.15, 0.2) is 0 Å². The molecule has 0 unspecified atom stereocenters. The number of nitrogens with one attached hydrogen (secondary N) is 1. The van der Waals surface area contributed by atoms with Crippen LogP contribution < -0.4 is 5.32 Å². The summed E-state index contributed by atoms with van der Waals surface area (Å²) in [7, 11) is 1.23. The molecule has 0 heterocycles. The lowest BCUT2D eigenvalue weighted by molar-refractivity contribution is -0.384. The van der Waals surface area contributed by atoms with E-state index in [1.807, 2.05) is 0 Å². The number of halogens is 2. The normalized spacial score (nSPS) is 9.94. The number of methoxy groups -OCH3 is 1. The zero-order valence-corrected chi connectivity index (χ0v) is 10.2. The van der Waals surface area contributed by atoms with Gasteiger partial charge in [-0.05, 0) is 0 Å². The second-order valence-corrected chi connectivity index (χ2v) is 3.70. The fourth-order valence-corrected chi connectivity index (χ4v) is 1.39. The third-order valence-electron chi connectivity index (χ3n) is 2.11. The van der Waals surface area contributed by atoms with Gasteiger partial charge in [-0.25, -0.2) is 4.39 Å². The predicted molar refractivity (Wildman–Crippen MR) is 63.2 cm³/mol. The van der Waals surface area contributed by atoms with Crippen molar-refractivity contribution in [3.8, 4) is 0 Å². The van der Waals surface area contributed by atoms with Gasteiger partial charge in [-0.15, -0.1) is 0 Å². The standard InChI is InChI=1S/C10H10ClFN2O4/c1-18-10(15)2-3-13-8-5-7(12)6(11)4-9(8)14(16)17/h4-5,13H,2-3H2,1H3.